The summed E-state index contributed by atoms with van der Waals surface area (Å²) in [6, 6.07) is 0. The van der Waals surface area contributed by atoms with Crippen LogP contribution in [0.1, 0.15) is 45.4 Å². The molecule has 0 bridgehead atoms. The Labute approximate surface area is 157 Å². The van der Waals surface area contributed by atoms with Gasteiger partial charge in [0.2, 0.25) is 0 Å². The number of unbranched alkanes of at least 4 members (excludes halogenated alkanes) is 4. The van der Waals surface area contributed by atoms with Gasteiger partial charge in [-0.25, -0.2) is 0 Å². The van der Waals surface area contributed by atoms with Crippen molar-refractivity contribution in [1.29, 1.82) is 0 Å². The van der Waals surface area contributed by atoms with Crippen molar-refractivity contribution >= 4 is 39.7 Å². The van der Waals surface area contributed by atoms with Crippen molar-refractivity contribution in [2.75, 3.05) is 45.4 Å². The average Bonchev–Trinajstić information content (AvgIpc) is 2.42. The molecule has 0 aromatic heterocycles. The third kappa shape index (κ3) is 23.1. The van der Waals surface area contributed by atoms with Crippen LogP contribution in [0.25, 0.3) is 0 Å². The molecule has 0 aliphatic rings. The normalized spacial score (nSPS) is 11.4. The molecule has 0 radical (unpaired) electrons. The molecule has 0 atom stereocenters. The maximum absolute atomic E-state index is 10.4. The van der Waals surface area contributed by atoms with Crippen molar-refractivity contribution in [3.05, 3.63) is 0 Å². The Bertz CT molecular complexity index is 310. The molecule has 22 heavy (non-hydrogen) atoms. The summed E-state index contributed by atoms with van der Waals surface area (Å²) < 4.78 is 45.5. The SMILES string of the molecule is CCCCCCOCCOCCOCCCCS(=O)(=O)O.[NaH]. The Morgan fingerprint density at radius 1 is 0.727 bits per heavy atom. The van der Waals surface area contributed by atoms with Gasteiger partial charge in [0.25, 0.3) is 10.1 Å². The first-order valence-electron chi connectivity index (χ1n) is 7.74. The first-order chi connectivity index (χ1) is 10.1. The number of ether oxygens (including phenoxy) is 3. The van der Waals surface area contributed by atoms with Gasteiger partial charge in [0.15, 0.2) is 0 Å². The molecule has 0 rings (SSSR count). The summed E-state index contributed by atoms with van der Waals surface area (Å²) in [5, 5.41) is 0. The minimum atomic E-state index is -3.84. The van der Waals surface area contributed by atoms with E-state index in [0.29, 0.717) is 45.9 Å². The molecule has 0 aromatic carbocycles. The van der Waals surface area contributed by atoms with Crippen molar-refractivity contribution in [2.24, 2.45) is 0 Å². The van der Waals surface area contributed by atoms with E-state index in [1.54, 1.807) is 0 Å². The Balaban J connectivity index is 0. The Hall–Kier alpha value is 0.790. The van der Waals surface area contributed by atoms with Gasteiger partial charge in [-0.1, -0.05) is 26.2 Å². The van der Waals surface area contributed by atoms with E-state index in [1.165, 1.54) is 19.3 Å². The first kappa shape index (κ1) is 25.0. The predicted octanol–water partition coefficient (Wildman–Crippen LogP) is 1.64. The summed E-state index contributed by atoms with van der Waals surface area (Å²) in [7, 11) is -3.84. The van der Waals surface area contributed by atoms with Crippen molar-refractivity contribution in [2.45, 2.75) is 45.4 Å². The summed E-state index contributed by atoms with van der Waals surface area (Å²) in [5.74, 6) is -0.206. The second kappa shape index (κ2) is 18.1. The van der Waals surface area contributed by atoms with Crippen molar-refractivity contribution in [3.63, 3.8) is 0 Å². The zero-order valence-electron chi connectivity index (χ0n) is 13.1. The second-order valence-corrected chi connectivity index (χ2v) is 6.46. The van der Waals surface area contributed by atoms with Gasteiger partial charge < -0.3 is 14.2 Å². The van der Waals surface area contributed by atoms with E-state index < -0.39 is 10.1 Å². The van der Waals surface area contributed by atoms with Crippen molar-refractivity contribution in [1.82, 2.24) is 0 Å². The predicted molar refractivity (Wildman–Crippen MR) is 89.4 cm³/mol. The quantitative estimate of drug-likeness (QED) is 0.259. The van der Waals surface area contributed by atoms with Crippen LogP contribution in [0.5, 0.6) is 0 Å². The third-order valence-electron chi connectivity index (χ3n) is 2.83. The third-order valence-corrected chi connectivity index (χ3v) is 3.63. The van der Waals surface area contributed by atoms with Gasteiger partial charge in [0.05, 0.1) is 32.2 Å². The van der Waals surface area contributed by atoms with Crippen LogP contribution >= 0.6 is 0 Å². The van der Waals surface area contributed by atoms with Gasteiger partial charge in [-0.3, -0.25) is 4.55 Å². The molecule has 8 heteroatoms. The van der Waals surface area contributed by atoms with Gasteiger partial charge in [-0.05, 0) is 19.3 Å². The molecular weight excluding hydrogens is 319 g/mol. The zero-order chi connectivity index (χ0) is 15.8. The summed E-state index contributed by atoms with van der Waals surface area (Å²) in [4.78, 5) is 0. The maximum atomic E-state index is 10.4. The Morgan fingerprint density at radius 3 is 1.64 bits per heavy atom. The Kier molecular flexibility index (Phi) is 20.6. The molecule has 0 unspecified atom stereocenters. The van der Waals surface area contributed by atoms with E-state index in [0.717, 1.165) is 13.0 Å². The van der Waals surface area contributed by atoms with Crippen LogP contribution in [0.4, 0.5) is 0 Å². The molecule has 0 heterocycles. The molecule has 0 fully saturated rings. The summed E-state index contributed by atoms with van der Waals surface area (Å²) >= 11 is 0. The fourth-order valence-electron chi connectivity index (χ4n) is 1.66. The second-order valence-electron chi connectivity index (χ2n) is 4.89. The van der Waals surface area contributed by atoms with Crippen LogP contribution in [0.2, 0.25) is 0 Å². The van der Waals surface area contributed by atoms with E-state index in [2.05, 4.69) is 6.92 Å². The van der Waals surface area contributed by atoms with E-state index in [4.69, 9.17) is 18.8 Å². The standard InChI is InChI=1S/C14H30O6S.Na.H/c1-2-3-4-5-8-18-10-12-20-13-11-19-9-6-7-14-21(15,16)17;;/h2-14H2,1H3,(H,15,16,17);;. The summed E-state index contributed by atoms with van der Waals surface area (Å²) in [5.41, 5.74) is 0. The van der Waals surface area contributed by atoms with Crippen molar-refractivity contribution < 1.29 is 27.2 Å². The van der Waals surface area contributed by atoms with Crippen LogP contribution in [0.3, 0.4) is 0 Å². The van der Waals surface area contributed by atoms with Gasteiger partial charge in [-0.15, -0.1) is 0 Å². The first-order valence-corrected chi connectivity index (χ1v) is 9.35. The van der Waals surface area contributed by atoms with Gasteiger partial charge >= 0.3 is 29.6 Å². The fraction of sp³-hybridized carbons (Fsp3) is 1.00. The molecule has 0 amide bonds. The van der Waals surface area contributed by atoms with Crippen LogP contribution < -0.4 is 0 Å². The Morgan fingerprint density at radius 2 is 1.18 bits per heavy atom. The summed E-state index contributed by atoms with van der Waals surface area (Å²) in [6.07, 6.45) is 5.86. The monoisotopic (exact) mass is 350 g/mol. The van der Waals surface area contributed by atoms with Gasteiger partial charge in [-0.2, -0.15) is 8.42 Å². The zero-order valence-corrected chi connectivity index (χ0v) is 13.9. The van der Waals surface area contributed by atoms with Crippen LogP contribution in [0, 0.1) is 0 Å². The molecule has 0 aliphatic carbocycles. The molecule has 0 aromatic rings. The minimum absolute atomic E-state index is 0. The molecule has 1 N–H and O–H groups in total. The van der Waals surface area contributed by atoms with E-state index in [9.17, 15) is 8.42 Å². The number of rotatable bonds is 16. The van der Waals surface area contributed by atoms with Crippen molar-refractivity contribution in [3.8, 4) is 0 Å². The molecule has 6 nitrogen and oxygen atoms in total. The number of hydrogen-bond donors (Lipinski definition) is 1. The molecule has 0 aliphatic heterocycles. The average molecular weight is 350 g/mol. The van der Waals surface area contributed by atoms with Gasteiger partial charge in [0, 0.05) is 13.2 Å². The fourth-order valence-corrected chi connectivity index (χ4v) is 2.23. The van der Waals surface area contributed by atoms with Crippen LogP contribution in [-0.2, 0) is 24.3 Å². The van der Waals surface area contributed by atoms with Gasteiger partial charge in [0.1, 0.15) is 0 Å². The van der Waals surface area contributed by atoms with E-state index >= 15 is 0 Å². The van der Waals surface area contributed by atoms with E-state index in [1.807, 2.05) is 0 Å². The van der Waals surface area contributed by atoms with Crippen LogP contribution in [0.15, 0.2) is 0 Å². The topological polar surface area (TPSA) is 82.1 Å². The van der Waals surface area contributed by atoms with E-state index in [-0.39, 0.29) is 35.3 Å². The molecule has 0 saturated carbocycles. The molecular formula is C14H31NaO6S. The molecule has 0 spiro atoms. The molecule has 130 valence electrons. The molecule has 0 saturated heterocycles. The summed E-state index contributed by atoms with van der Waals surface area (Å²) in [6.45, 7) is 5.64. The van der Waals surface area contributed by atoms with Crippen LogP contribution in [-0.4, -0.2) is 87.9 Å². The number of hydrogen-bond acceptors (Lipinski definition) is 5.